The van der Waals surface area contributed by atoms with E-state index in [4.69, 9.17) is 9.52 Å². The summed E-state index contributed by atoms with van der Waals surface area (Å²) in [5.74, 6) is -0.0706. The van der Waals surface area contributed by atoms with Crippen LogP contribution >= 0.6 is 0 Å². The van der Waals surface area contributed by atoms with Gasteiger partial charge < -0.3 is 9.52 Å². The van der Waals surface area contributed by atoms with E-state index in [0.29, 0.717) is 12.3 Å². The fraction of sp³-hybridized carbons (Fsp3) is 0.636. The molecule has 1 aliphatic carbocycles. The van der Waals surface area contributed by atoms with Crippen molar-refractivity contribution in [1.29, 1.82) is 0 Å². The van der Waals surface area contributed by atoms with Gasteiger partial charge in [-0.3, -0.25) is 0 Å². The van der Waals surface area contributed by atoms with Crippen molar-refractivity contribution in [1.82, 2.24) is 4.98 Å². The van der Waals surface area contributed by atoms with Crippen molar-refractivity contribution in [3.8, 4) is 0 Å². The molecule has 1 fully saturated rings. The predicted molar refractivity (Wildman–Crippen MR) is 54.0 cm³/mol. The number of hydrogen-bond donors (Lipinski definition) is 1. The van der Waals surface area contributed by atoms with E-state index >= 15 is 0 Å². The summed E-state index contributed by atoms with van der Waals surface area (Å²) in [6.07, 6.45) is 5.36. The summed E-state index contributed by atoms with van der Waals surface area (Å²) in [6.45, 7) is 1.96. The monoisotopic (exact) mass is 209 g/mol. The van der Waals surface area contributed by atoms with Crippen LogP contribution in [0.1, 0.15) is 60.7 Å². The predicted octanol–water partition coefficient (Wildman–Crippen LogP) is 2.59. The topological polar surface area (TPSA) is 63.3 Å². The molecule has 2 rings (SSSR count). The number of hydrogen-bond acceptors (Lipinski definition) is 3. The molecule has 1 saturated carbocycles. The summed E-state index contributed by atoms with van der Waals surface area (Å²) in [5.41, 5.74) is 0.882. The van der Waals surface area contributed by atoms with Crippen LogP contribution in [0, 0.1) is 0 Å². The Balaban J connectivity index is 2.31. The van der Waals surface area contributed by atoms with Crippen LogP contribution in [0.15, 0.2) is 4.42 Å². The Hall–Kier alpha value is -1.32. The first kappa shape index (κ1) is 10.2. The maximum atomic E-state index is 10.7. The van der Waals surface area contributed by atoms with Crippen molar-refractivity contribution in [2.45, 2.75) is 44.9 Å². The van der Waals surface area contributed by atoms with Gasteiger partial charge in [-0.15, -0.1) is 0 Å². The second-order valence-electron chi connectivity index (χ2n) is 3.97. The quantitative estimate of drug-likeness (QED) is 0.831. The minimum Gasteiger partial charge on any atom is -0.474 e. The van der Waals surface area contributed by atoms with Gasteiger partial charge in [0, 0.05) is 12.3 Å². The highest BCUT2D eigenvalue weighted by Gasteiger charge is 2.26. The van der Waals surface area contributed by atoms with Gasteiger partial charge in [-0.1, -0.05) is 19.8 Å². The minimum absolute atomic E-state index is 0.159. The summed E-state index contributed by atoms with van der Waals surface area (Å²) in [4.78, 5) is 14.8. The summed E-state index contributed by atoms with van der Waals surface area (Å²) >= 11 is 0. The SMILES string of the molecule is CCc1oc(C(=O)O)nc1C1CCCC1. The molecule has 0 aromatic carbocycles. The third kappa shape index (κ3) is 1.89. The number of nitrogens with zero attached hydrogens (tertiary/aromatic N) is 1. The van der Waals surface area contributed by atoms with Crippen molar-refractivity contribution in [3.63, 3.8) is 0 Å². The van der Waals surface area contributed by atoms with Crippen molar-refractivity contribution in [3.05, 3.63) is 17.3 Å². The van der Waals surface area contributed by atoms with Crippen LogP contribution in [0.2, 0.25) is 0 Å². The van der Waals surface area contributed by atoms with Crippen molar-refractivity contribution >= 4 is 5.97 Å². The third-order valence-corrected chi connectivity index (χ3v) is 2.97. The highest BCUT2D eigenvalue weighted by atomic mass is 16.4. The number of rotatable bonds is 3. The van der Waals surface area contributed by atoms with Gasteiger partial charge in [-0.25, -0.2) is 9.78 Å². The lowest BCUT2D eigenvalue weighted by molar-refractivity contribution is 0.0651. The Morgan fingerprint density at radius 3 is 2.73 bits per heavy atom. The molecule has 0 spiro atoms. The first-order chi connectivity index (χ1) is 7.22. The second-order valence-corrected chi connectivity index (χ2v) is 3.97. The van der Waals surface area contributed by atoms with Crippen LogP contribution in [-0.2, 0) is 6.42 Å². The Morgan fingerprint density at radius 2 is 2.20 bits per heavy atom. The van der Waals surface area contributed by atoms with Crippen LogP contribution in [-0.4, -0.2) is 16.1 Å². The summed E-state index contributed by atoms with van der Waals surface area (Å²) in [7, 11) is 0. The molecule has 4 nitrogen and oxygen atoms in total. The smallest absolute Gasteiger partial charge is 0.392 e. The molecular formula is C11H15NO3. The van der Waals surface area contributed by atoms with Crippen molar-refractivity contribution in [2.75, 3.05) is 0 Å². The number of carboxylic acids is 1. The summed E-state index contributed by atoms with van der Waals surface area (Å²) < 4.78 is 5.23. The van der Waals surface area contributed by atoms with E-state index in [0.717, 1.165) is 24.3 Å². The van der Waals surface area contributed by atoms with Crippen LogP contribution < -0.4 is 0 Å². The minimum atomic E-state index is -1.08. The molecule has 15 heavy (non-hydrogen) atoms. The molecule has 0 saturated heterocycles. The number of oxazole rings is 1. The Bertz CT molecular complexity index is 364. The Kier molecular flexibility index (Phi) is 2.75. The fourth-order valence-electron chi connectivity index (χ4n) is 2.23. The lowest BCUT2D eigenvalue weighted by atomic mass is 10.0. The van der Waals surface area contributed by atoms with Crippen LogP contribution in [0.3, 0.4) is 0 Å². The van der Waals surface area contributed by atoms with Gasteiger partial charge in [-0.05, 0) is 12.8 Å². The highest BCUT2D eigenvalue weighted by Crippen LogP contribution is 2.35. The highest BCUT2D eigenvalue weighted by molar-refractivity contribution is 5.82. The number of aryl methyl sites for hydroxylation is 1. The molecule has 1 aliphatic rings. The average molecular weight is 209 g/mol. The Labute approximate surface area is 88.3 Å². The molecule has 0 radical (unpaired) electrons. The molecule has 0 unspecified atom stereocenters. The zero-order valence-electron chi connectivity index (χ0n) is 8.82. The molecule has 0 bridgehead atoms. The second kappa shape index (κ2) is 4.04. The Morgan fingerprint density at radius 1 is 1.53 bits per heavy atom. The van der Waals surface area contributed by atoms with Crippen LogP contribution in [0.25, 0.3) is 0 Å². The molecule has 0 amide bonds. The largest absolute Gasteiger partial charge is 0.474 e. The standard InChI is InChI=1S/C11H15NO3/c1-2-8-9(7-5-3-4-6-7)12-10(15-8)11(13)14/h7H,2-6H2,1H3,(H,13,14). The molecule has 1 aromatic rings. The molecule has 1 N–H and O–H groups in total. The van der Waals surface area contributed by atoms with Gasteiger partial charge >= 0.3 is 11.9 Å². The normalized spacial score (nSPS) is 17.1. The fourth-order valence-corrected chi connectivity index (χ4v) is 2.23. The van der Waals surface area contributed by atoms with Crippen LogP contribution in [0.4, 0.5) is 0 Å². The maximum absolute atomic E-state index is 10.7. The molecule has 4 heteroatoms. The summed E-state index contributed by atoms with van der Waals surface area (Å²) in [5, 5.41) is 8.80. The van der Waals surface area contributed by atoms with E-state index in [-0.39, 0.29) is 5.89 Å². The van der Waals surface area contributed by atoms with Crippen molar-refractivity contribution in [2.24, 2.45) is 0 Å². The van der Waals surface area contributed by atoms with E-state index in [1.165, 1.54) is 12.8 Å². The number of carbonyl (C=O) groups is 1. The van der Waals surface area contributed by atoms with Gasteiger partial charge in [0.1, 0.15) is 5.76 Å². The van der Waals surface area contributed by atoms with E-state index in [1.807, 2.05) is 6.92 Å². The first-order valence-corrected chi connectivity index (χ1v) is 5.45. The molecule has 1 heterocycles. The lowest BCUT2D eigenvalue weighted by Gasteiger charge is -2.05. The van der Waals surface area contributed by atoms with Gasteiger partial charge in [0.25, 0.3) is 0 Å². The average Bonchev–Trinajstić information content (AvgIpc) is 2.86. The molecule has 0 atom stereocenters. The maximum Gasteiger partial charge on any atom is 0.392 e. The van der Waals surface area contributed by atoms with Gasteiger partial charge in [0.15, 0.2) is 0 Å². The molecule has 1 aromatic heterocycles. The van der Waals surface area contributed by atoms with E-state index in [9.17, 15) is 4.79 Å². The molecular weight excluding hydrogens is 194 g/mol. The van der Waals surface area contributed by atoms with Crippen molar-refractivity contribution < 1.29 is 14.3 Å². The number of aromatic carboxylic acids is 1. The number of carboxylic acid groups (broad SMARTS) is 1. The lowest BCUT2D eigenvalue weighted by Crippen LogP contribution is -1.99. The zero-order chi connectivity index (χ0) is 10.8. The van der Waals surface area contributed by atoms with Gasteiger partial charge in [0.2, 0.25) is 0 Å². The van der Waals surface area contributed by atoms with E-state index < -0.39 is 5.97 Å². The molecule has 0 aliphatic heterocycles. The van der Waals surface area contributed by atoms with E-state index in [1.54, 1.807) is 0 Å². The molecule has 82 valence electrons. The van der Waals surface area contributed by atoms with Gasteiger partial charge in [-0.2, -0.15) is 0 Å². The van der Waals surface area contributed by atoms with E-state index in [2.05, 4.69) is 4.98 Å². The number of aromatic nitrogens is 1. The summed E-state index contributed by atoms with van der Waals surface area (Å²) in [6, 6.07) is 0. The van der Waals surface area contributed by atoms with Crippen LogP contribution in [0.5, 0.6) is 0 Å². The zero-order valence-corrected chi connectivity index (χ0v) is 8.82. The van der Waals surface area contributed by atoms with Gasteiger partial charge in [0.05, 0.1) is 5.69 Å². The third-order valence-electron chi connectivity index (χ3n) is 2.97. The first-order valence-electron chi connectivity index (χ1n) is 5.45.